The Balaban J connectivity index is 1.95. The molecule has 0 aliphatic rings. The van der Waals surface area contributed by atoms with Crippen LogP contribution in [0, 0.1) is 17.0 Å². The summed E-state index contributed by atoms with van der Waals surface area (Å²) in [5, 5.41) is 17.9. The zero-order chi connectivity index (χ0) is 24.0. The Morgan fingerprint density at radius 2 is 2.12 bits per heavy atom. The van der Waals surface area contributed by atoms with Crippen molar-refractivity contribution >= 4 is 44.7 Å². The van der Waals surface area contributed by atoms with Gasteiger partial charge in [0.05, 0.1) is 16.9 Å². The van der Waals surface area contributed by atoms with Gasteiger partial charge >= 0.3 is 5.69 Å². The highest BCUT2D eigenvalue weighted by atomic mass is 32.1. The molecule has 0 spiro atoms. The van der Waals surface area contributed by atoms with E-state index in [9.17, 15) is 28.5 Å². The van der Waals surface area contributed by atoms with Crippen molar-refractivity contribution < 1.29 is 27.7 Å². The predicted octanol–water partition coefficient (Wildman–Crippen LogP) is 3.80. The summed E-state index contributed by atoms with van der Waals surface area (Å²) in [6.07, 6.45) is -1.59. The van der Waals surface area contributed by atoms with E-state index >= 15 is 0 Å². The lowest BCUT2D eigenvalue weighted by Gasteiger charge is -2.08. The summed E-state index contributed by atoms with van der Waals surface area (Å²) in [7, 11) is 1.43. The second kappa shape index (κ2) is 8.05. The first-order chi connectivity index (χ1) is 15.6. The molecule has 0 fully saturated rings. The maximum Gasteiger partial charge on any atom is 0.322 e. The Morgan fingerprint density at radius 1 is 1.39 bits per heavy atom. The van der Waals surface area contributed by atoms with E-state index in [4.69, 9.17) is 10.2 Å². The molecule has 0 atom stereocenters. The van der Waals surface area contributed by atoms with Crippen molar-refractivity contribution in [2.75, 3.05) is 5.32 Å². The molecule has 33 heavy (non-hydrogen) atoms. The molecule has 4 heterocycles. The molecular formula is C19H14F2N6O5S. The second-order valence-corrected chi connectivity index (χ2v) is 7.84. The highest BCUT2D eigenvalue weighted by Gasteiger charge is 2.32. The number of hydrogen-bond donors (Lipinski definition) is 2. The molecule has 0 aromatic carbocycles. The fourth-order valence-corrected chi connectivity index (χ4v) is 4.30. The number of nitrogens with one attached hydrogen (secondary N) is 1. The molecule has 0 radical (unpaired) electrons. The molecule has 0 aliphatic heterocycles. The minimum atomic E-state index is -2.92. The Hall–Kier alpha value is -4.20. The molecule has 0 unspecified atom stereocenters. The quantitative estimate of drug-likeness (QED) is 0.316. The van der Waals surface area contributed by atoms with Crippen LogP contribution in [-0.4, -0.2) is 31.5 Å². The number of nitro groups is 1. The summed E-state index contributed by atoms with van der Waals surface area (Å²) >= 11 is 0.696. The number of thiophene rings is 1. The van der Waals surface area contributed by atoms with Crippen molar-refractivity contribution in [2.24, 2.45) is 12.8 Å². The van der Waals surface area contributed by atoms with Crippen LogP contribution in [0.5, 0.6) is 0 Å². The molecule has 0 saturated carbocycles. The van der Waals surface area contributed by atoms with Crippen LogP contribution in [0.1, 0.15) is 38.0 Å². The van der Waals surface area contributed by atoms with Gasteiger partial charge in [-0.05, 0) is 25.1 Å². The van der Waals surface area contributed by atoms with Crippen molar-refractivity contribution in [3.63, 3.8) is 0 Å². The summed E-state index contributed by atoms with van der Waals surface area (Å²) in [5.74, 6) is -1.77. The number of hydrogen-bond acceptors (Lipinski definition) is 8. The van der Waals surface area contributed by atoms with Gasteiger partial charge < -0.3 is 15.5 Å². The number of nitrogens with two attached hydrogens (primary N) is 1. The van der Waals surface area contributed by atoms with Crippen LogP contribution in [0.15, 0.2) is 28.9 Å². The Bertz CT molecular complexity index is 1430. The van der Waals surface area contributed by atoms with E-state index in [1.807, 2.05) is 0 Å². The number of pyridine rings is 1. The molecule has 0 bridgehead atoms. The van der Waals surface area contributed by atoms with Crippen LogP contribution < -0.4 is 11.1 Å². The van der Waals surface area contributed by atoms with Gasteiger partial charge in [0.15, 0.2) is 0 Å². The van der Waals surface area contributed by atoms with Crippen LogP contribution in [0.2, 0.25) is 0 Å². The molecule has 4 aromatic heterocycles. The number of amides is 2. The van der Waals surface area contributed by atoms with E-state index in [-0.39, 0.29) is 37.8 Å². The number of furan rings is 1. The maximum absolute atomic E-state index is 13.4. The van der Waals surface area contributed by atoms with Crippen molar-refractivity contribution in [1.29, 1.82) is 0 Å². The lowest BCUT2D eigenvalue weighted by Crippen LogP contribution is -2.18. The van der Waals surface area contributed by atoms with Crippen LogP contribution in [0.4, 0.5) is 20.2 Å². The van der Waals surface area contributed by atoms with Crippen LogP contribution in [0.25, 0.3) is 21.5 Å². The Morgan fingerprint density at radius 3 is 2.70 bits per heavy atom. The number of halogens is 2. The number of aryl methyl sites for hydroxylation is 1. The third-order valence-electron chi connectivity index (χ3n) is 4.85. The van der Waals surface area contributed by atoms with Gasteiger partial charge in [-0.25, -0.2) is 13.8 Å². The number of aromatic nitrogens is 3. The average molecular weight is 476 g/mol. The molecule has 170 valence electrons. The number of nitrogens with zero attached hydrogens (tertiary/aromatic N) is 4. The summed E-state index contributed by atoms with van der Waals surface area (Å²) in [6, 6.07) is 4.11. The van der Waals surface area contributed by atoms with Crippen LogP contribution >= 0.6 is 11.3 Å². The van der Waals surface area contributed by atoms with Gasteiger partial charge in [0, 0.05) is 18.0 Å². The van der Waals surface area contributed by atoms with Gasteiger partial charge in [-0.1, -0.05) is 0 Å². The highest BCUT2D eigenvalue weighted by molar-refractivity contribution is 7.21. The molecule has 4 rings (SSSR count). The molecule has 2 amide bonds. The third kappa shape index (κ3) is 3.69. The van der Waals surface area contributed by atoms with Crippen molar-refractivity contribution in [3.05, 3.63) is 56.5 Å². The maximum atomic E-state index is 13.4. The number of fused-ring (bicyclic) bond motifs is 1. The van der Waals surface area contributed by atoms with Gasteiger partial charge in [-0.15, -0.1) is 11.3 Å². The van der Waals surface area contributed by atoms with E-state index in [1.165, 1.54) is 37.0 Å². The number of carbonyl (C=O) groups excluding carboxylic acids is 2. The van der Waals surface area contributed by atoms with Gasteiger partial charge in [0.25, 0.3) is 18.2 Å². The number of anilines is 1. The summed E-state index contributed by atoms with van der Waals surface area (Å²) in [6.45, 7) is 1.42. The summed E-state index contributed by atoms with van der Waals surface area (Å²) in [4.78, 5) is 39.5. The van der Waals surface area contributed by atoms with Gasteiger partial charge in [-0.2, -0.15) is 5.10 Å². The zero-order valence-electron chi connectivity index (χ0n) is 17.0. The Kier molecular flexibility index (Phi) is 5.37. The zero-order valence-corrected chi connectivity index (χ0v) is 17.8. The van der Waals surface area contributed by atoms with E-state index in [2.05, 4.69) is 15.4 Å². The van der Waals surface area contributed by atoms with E-state index in [1.54, 1.807) is 0 Å². The van der Waals surface area contributed by atoms with Crippen molar-refractivity contribution in [3.8, 4) is 11.3 Å². The highest BCUT2D eigenvalue weighted by Crippen LogP contribution is 2.43. The molecular weight excluding hydrogens is 462 g/mol. The molecule has 0 saturated heterocycles. The van der Waals surface area contributed by atoms with E-state index in [0.29, 0.717) is 11.3 Å². The van der Waals surface area contributed by atoms with Gasteiger partial charge in [0.1, 0.15) is 26.9 Å². The largest absolute Gasteiger partial charge is 0.464 e. The molecule has 14 heteroatoms. The van der Waals surface area contributed by atoms with Crippen molar-refractivity contribution in [2.45, 2.75) is 13.3 Å². The minimum absolute atomic E-state index is 0.00463. The van der Waals surface area contributed by atoms with Crippen molar-refractivity contribution in [1.82, 2.24) is 14.8 Å². The first-order valence-electron chi connectivity index (χ1n) is 9.18. The van der Waals surface area contributed by atoms with Gasteiger partial charge in [0.2, 0.25) is 5.69 Å². The fourth-order valence-electron chi connectivity index (χ4n) is 3.29. The Labute approximate surface area is 187 Å². The predicted molar refractivity (Wildman–Crippen MR) is 113 cm³/mol. The fraction of sp³-hybridized carbons (Fsp3) is 0.158. The SMILES string of the molecule is Cc1c([N+](=O)[O-])c(C(=O)Nc2c(C(N)=O)sc3nc(C(F)F)cc(-c4ccco4)c23)nn1C. The minimum Gasteiger partial charge on any atom is -0.464 e. The lowest BCUT2D eigenvalue weighted by molar-refractivity contribution is -0.385. The first kappa shape index (κ1) is 22.0. The third-order valence-corrected chi connectivity index (χ3v) is 5.95. The topological polar surface area (TPSA) is 159 Å². The number of rotatable bonds is 6. The second-order valence-electron chi connectivity index (χ2n) is 6.84. The molecule has 3 N–H and O–H groups in total. The normalized spacial score (nSPS) is 11.3. The monoisotopic (exact) mass is 476 g/mol. The van der Waals surface area contributed by atoms with E-state index < -0.39 is 40.2 Å². The van der Waals surface area contributed by atoms with Crippen LogP contribution in [0.3, 0.4) is 0 Å². The number of carbonyl (C=O) groups is 2. The lowest BCUT2D eigenvalue weighted by atomic mass is 10.1. The van der Waals surface area contributed by atoms with E-state index in [0.717, 1.165) is 6.07 Å². The smallest absolute Gasteiger partial charge is 0.322 e. The van der Waals surface area contributed by atoms with Crippen LogP contribution in [-0.2, 0) is 7.05 Å². The summed E-state index contributed by atoms with van der Waals surface area (Å²) in [5.41, 5.74) is 4.01. The number of alkyl halides is 2. The molecule has 4 aromatic rings. The first-order valence-corrected chi connectivity index (χ1v) is 10.00. The molecule has 0 aliphatic carbocycles. The average Bonchev–Trinajstić information content (AvgIpc) is 3.46. The summed E-state index contributed by atoms with van der Waals surface area (Å²) < 4.78 is 33.4. The van der Waals surface area contributed by atoms with Gasteiger partial charge in [-0.3, -0.25) is 24.4 Å². The number of primary amides is 1. The standard InChI is InChI=1S/C19H14F2N6O5S/c1-7-14(27(30)31)13(25-26(7)2)18(29)24-12-11-8(10-4-3-5-32-10)6-9(16(20)21)23-19(11)33-15(12)17(22)28/h3-6,16H,1-2H3,(H2,22,28)(H,24,29). The molecule has 11 nitrogen and oxygen atoms in total.